The summed E-state index contributed by atoms with van der Waals surface area (Å²) >= 11 is 0. The maximum Gasteiger partial charge on any atom is 0.356 e. The smallest absolute Gasteiger partial charge is 0.356 e. The third kappa shape index (κ3) is 2.68. The number of aromatic nitrogens is 2. The van der Waals surface area contributed by atoms with E-state index in [4.69, 9.17) is 10.8 Å². The molecule has 0 saturated heterocycles. The zero-order valence-corrected chi connectivity index (χ0v) is 6.90. The molecule has 0 aromatic carbocycles. The van der Waals surface area contributed by atoms with E-state index in [0.29, 0.717) is 18.9 Å². The predicted octanol–water partition coefficient (Wildman–Crippen LogP) is -0.455. The van der Waals surface area contributed by atoms with Crippen molar-refractivity contribution in [3.63, 3.8) is 0 Å². The summed E-state index contributed by atoms with van der Waals surface area (Å²) in [7, 11) is 0. The maximum absolute atomic E-state index is 10.4. The Morgan fingerprint density at radius 3 is 2.77 bits per heavy atom. The lowest BCUT2D eigenvalue weighted by Crippen LogP contribution is -2.14. The van der Waals surface area contributed by atoms with E-state index in [0.717, 1.165) is 0 Å². The van der Waals surface area contributed by atoms with Gasteiger partial charge in [0.15, 0.2) is 5.69 Å². The molecule has 0 fully saturated rings. The van der Waals surface area contributed by atoms with Crippen LogP contribution in [-0.4, -0.2) is 34.4 Å². The summed E-state index contributed by atoms with van der Waals surface area (Å²) < 4.78 is 0. The van der Waals surface area contributed by atoms with Crippen LogP contribution in [0.1, 0.15) is 10.5 Å². The normalized spacial score (nSPS) is 9.62. The highest BCUT2D eigenvalue weighted by Crippen LogP contribution is 2.00. The third-order valence-corrected chi connectivity index (χ3v) is 1.33. The lowest BCUT2D eigenvalue weighted by atomic mass is 10.4. The molecule has 0 aliphatic rings. The highest BCUT2D eigenvalue weighted by atomic mass is 16.4. The summed E-state index contributed by atoms with van der Waals surface area (Å²) in [6.45, 7) is 1.07. The molecule has 0 aliphatic heterocycles. The van der Waals surface area contributed by atoms with E-state index in [2.05, 4.69) is 15.5 Å². The van der Waals surface area contributed by atoms with Gasteiger partial charge in [0.1, 0.15) is 5.82 Å². The first kappa shape index (κ1) is 9.40. The van der Waals surface area contributed by atoms with E-state index in [9.17, 15) is 4.79 Å². The van der Waals surface area contributed by atoms with Crippen molar-refractivity contribution in [3.8, 4) is 0 Å². The minimum Gasteiger partial charge on any atom is -0.476 e. The second kappa shape index (κ2) is 4.36. The van der Waals surface area contributed by atoms with Crippen molar-refractivity contribution in [3.05, 3.63) is 17.8 Å². The summed E-state index contributed by atoms with van der Waals surface area (Å²) in [5.74, 6) is -0.562. The largest absolute Gasteiger partial charge is 0.476 e. The molecule has 0 radical (unpaired) electrons. The van der Waals surface area contributed by atoms with Gasteiger partial charge in [-0.1, -0.05) is 0 Å². The first-order chi connectivity index (χ1) is 6.24. The Morgan fingerprint density at radius 1 is 1.54 bits per heavy atom. The Kier molecular flexibility index (Phi) is 3.15. The minimum atomic E-state index is -1.09. The quantitative estimate of drug-likeness (QED) is 0.582. The van der Waals surface area contributed by atoms with Gasteiger partial charge in [-0.05, 0) is 12.1 Å². The SMILES string of the molecule is NCCNc1ccc(C(=O)O)nn1. The number of nitrogens with zero attached hydrogens (tertiary/aromatic N) is 2. The van der Waals surface area contributed by atoms with E-state index < -0.39 is 5.97 Å². The first-order valence-corrected chi connectivity index (χ1v) is 3.75. The Bertz CT molecular complexity index is 285. The van der Waals surface area contributed by atoms with E-state index in [1.54, 1.807) is 6.07 Å². The van der Waals surface area contributed by atoms with Crippen molar-refractivity contribution in [1.29, 1.82) is 0 Å². The Hall–Kier alpha value is -1.69. The molecule has 4 N–H and O–H groups in total. The number of carboxylic acid groups (broad SMARTS) is 1. The number of rotatable bonds is 4. The van der Waals surface area contributed by atoms with Gasteiger partial charge in [0.25, 0.3) is 0 Å². The maximum atomic E-state index is 10.4. The van der Waals surface area contributed by atoms with E-state index in [-0.39, 0.29) is 5.69 Å². The summed E-state index contributed by atoms with van der Waals surface area (Å²) in [5.41, 5.74) is 5.18. The fourth-order valence-electron chi connectivity index (χ4n) is 0.741. The molecule has 0 amide bonds. The fraction of sp³-hybridized carbons (Fsp3) is 0.286. The molecule has 1 aromatic heterocycles. The summed E-state index contributed by atoms with van der Waals surface area (Å²) in [6, 6.07) is 2.93. The van der Waals surface area contributed by atoms with Crippen LogP contribution in [0.4, 0.5) is 5.82 Å². The standard InChI is InChI=1S/C7H10N4O2/c8-3-4-9-6-2-1-5(7(12)13)10-11-6/h1-2H,3-4,8H2,(H,9,11)(H,12,13). The second-order valence-corrected chi connectivity index (χ2v) is 2.32. The van der Waals surface area contributed by atoms with Gasteiger partial charge < -0.3 is 16.2 Å². The number of carboxylic acids is 1. The lowest BCUT2D eigenvalue weighted by molar-refractivity contribution is 0.0689. The van der Waals surface area contributed by atoms with Gasteiger partial charge >= 0.3 is 5.97 Å². The van der Waals surface area contributed by atoms with Gasteiger partial charge in [-0.25, -0.2) is 4.79 Å². The molecular weight excluding hydrogens is 172 g/mol. The highest BCUT2D eigenvalue weighted by Gasteiger charge is 2.03. The molecule has 13 heavy (non-hydrogen) atoms. The number of hydrogen-bond donors (Lipinski definition) is 3. The molecule has 1 aromatic rings. The van der Waals surface area contributed by atoms with Crippen LogP contribution < -0.4 is 11.1 Å². The van der Waals surface area contributed by atoms with Crippen LogP contribution in [-0.2, 0) is 0 Å². The number of aromatic carboxylic acids is 1. The van der Waals surface area contributed by atoms with Crippen molar-refractivity contribution < 1.29 is 9.90 Å². The monoisotopic (exact) mass is 182 g/mol. The van der Waals surface area contributed by atoms with Gasteiger partial charge in [0.2, 0.25) is 0 Å². The van der Waals surface area contributed by atoms with E-state index >= 15 is 0 Å². The molecule has 0 unspecified atom stereocenters. The van der Waals surface area contributed by atoms with Crippen molar-refractivity contribution in [2.75, 3.05) is 18.4 Å². The highest BCUT2D eigenvalue weighted by molar-refractivity contribution is 5.85. The van der Waals surface area contributed by atoms with Gasteiger partial charge in [-0.3, -0.25) is 0 Å². The summed E-state index contributed by atoms with van der Waals surface area (Å²) in [6.07, 6.45) is 0. The minimum absolute atomic E-state index is 0.0710. The van der Waals surface area contributed by atoms with Crippen molar-refractivity contribution in [1.82, 2.24) is 10.2 Å². The van der Waals surface area contributed by atoms with Gasteiger partial charge in [0.05, 0.1) is 0 Å². The van der Waals surface area contributed by atoms with Crippen LogP contribution in [0.2, 0.25) is 0 Å². The van der Waals surface area contributed by atoms with Crippen molar-refractivity contribution >= 4 is 11.8 Å². The number of nitrogens with one attached hydrogen (secondary N) is 1. The number of anilines is 1. The second-order valence-electron chi connectivity index (χ2n) is 2.32. The Balaban J connectivity index is 2.64. The molecule has 0 aliphatic carbocycles. The van der Waals surface area contributed by atoms with Crippen molar-refractivity contribution in [2.24, 2.45) is 5.73 Å². The molecule has 1 heterocycles. The predicted molar refractivity (Wildman–Crippen MR) is 46.5 cm³/mol. The zero-order chi connectivity index (χ0) is 9.68. The van der Waals surface area contributed by atoms with Crippen LogP contribution in [0, 0.1) is 0 Å². The third-order valence-electron chi connectivity index (χ3n) is 1.33. The Morgan fingerprint density at radius 2 is 2.31 bits per heavy atom. The molecule has 70 valence electrons. The van der Waals surface area contributed by atoms with Crippen LogP contribution in [0.25, 0.3) is 0 Å². The molecule has 0 saturated carbocycles. The van der Waals surface area contributed by atoms with Gasteiger partial charge in [-0.15, -0.1) is 10.2 Å². The van der Waals surface area contributed by atoms with Crippen LogP contribution in [0.15, 0.2) is 12.1 Å². The molecule has 6 nitrogen and oxygen atoms in total. The molecule has 0 atom stereocenters. The molecular formula is C7H10N4O2. The molecule has 0 spiro atoms. The van der Waals surface area contributed by atoms with Crippen LogP contribution in [0.3, 0.4) is 0 Å². The van der Waals surface area contributed by atoms with Crippen LogP contribution >= 0.6 is 0 Å². The number of carbonyl (C=O) groups is 1. The topological polar surface area (TPSA) is 101 Å². The average Bonchev–Trinajstić information content (AvgIpc) is 2.15. The molecule has 1 rings (SSSR count). The van der Waals surface area contributed by atoms with E-state index in [1.807, 2.05) is 0 Å². The zero-order valence-electron chi connectivity index (χ0n) is 6.90. The summed E-state index contributed by atoms with van der Waals surface area (Å²) in [4.78, 5) is 10.4. The molecule has 0 bridgehead atoms. The van der Waals surface area contributed by atoms with Crippen molar-refractivity contribution in [2.45, 2.75) is 0 Å². The van der Waals surface area contributed by atoms with Gasteiger partial charge in [0, 0.05) is 13.1 Å². The van der Waals surface area contributed by atoms with Gasteiger partial charge in [-0.2, -0.15) is 0 Å². The molecule has 6 heteroatoms. The Labute approximate surface area is 74.8 Å². The first-order valence-electron chi connectivity index (χ1n) is 3.75. The number of hydrogen-bond acceptors (Lipinski definition) is 5. The fourth-order valence-corrected chi connectivity index (χ4v) is 0.741. The summed E-state index contributed by atoms with van der Waals surface area (Å²) in [5, 5.41) is 18.5. The van der Waals surface area contributed by atoms with Crippen LogP contribution in [0.5, 0.6) is 0 Å². The van der Waals surface area contributed by atoms with E-state index in [1.165, 1.54) is 6.07 Å². The number of nitrogens with two attached hydrogens (primary N) is 1. The average molecular weight is 182 g/mol. The lowest BCUT2D eigenvalue weighted by Gasteiger charge is -2.01.